The molecule has 2 heterocycles. The number of nitrogens with two attached hydrogens (primary N) is 4. The van der Waals surface area contributed by atoms with E-state index in [1.807, 2.05) is 0 Å². The predicted molar refractivity (Wildman–Crippen MR) is 143 cm³/mol. The minimum Gasteiger partial charge on any atom is -0.396 e. The van der Waals surface area contributed by atoms with Gasteiger partial charge >= 0.3 is 0 Å². The maximum absolute atomic E-state index is 12.9. The molecule has 4 fully saturated rings. The van der Waals surface area contributed by atoms with Gasteiger partial charge in [-0.15, -0.1) is 0 Å². The molecule has 2 saturated heterocycles. The summed E-state index contributed by atoms with van der Waals surface area (Å²) in [5.74, 6) is -1.49. The van der Waals surface area contributed by atoms with Crippen molar-refractivity contribution < 1.29 is 49.6 Å². The molecule has 2 aliphatic carbocycles. The largest absolute Gasteiger partial charge is 0.396 e. The highest BCUT2D eigenvalue weighted by Gasteiger charge is 2.59. The normalized spacial score (nSPS) is 48.5. The average Bonchev–Trinajstić information content (AvgIpc) is 3.57. The summed E-state index contributed by atoms with van der Waals surface area (Å²) in [5, 5.41) is 67.7. The van der Waals surface area contributed by atoms with Gasteiger partial charge in [0.2, 0.25) is 0 Å². The Labute approximate surface area is 238 Å². The lowest BCUT2D eigenvalue weighted by molar-refractivity contribution is -0.306. The van der Waals surface area contributed by atoms with Gasteiger partial charge < -0.3 is 78.4 Å². The summed E-state index contributed by atoms with van der Waals surface area (Å²) in [7, 11) is 0. The number of carbonyl (C=O) groups excluding carboxylic acids is 1. The molecule has 3 unspecified atom stereocenters. The molecule has 16 nitrogen and oxygen atoms in total. The fourth-order valence-electron chi connectivity index (χ4n) is 6.19. The van der Waals surface area contributed by atoms with Crippen LogP contribution < -0.4 is 33.6 Å². The van der Waals surface area contributed by atoms with Gasteiger partial charge in [-0.2, -0.15) is 0 Å². The highest BCUT2D eigenvalue weighted by molar-refractivity contribution is 5.89. The molecular weight excluding hydrogens is 544 g/mol. The van der Waals surface area contributed by atoms with Crippen molar-refractivity contribution in [2.24, 2.45) is 28.9 Å². The third kappa shape index (κ3) is 7.02. The summed E-state index contributed by atoms with van der Waals surface area (Å²) in [6.07, 6.45) is -6.98. The molecule has 4 rings (SSSR count). The van der Waals surface area contributed by atoms with Crippen molar-refractivity contribution in [1.82, 2.24) is 10.6 Å². The van der Waals surface area contributed by atoms with Crippen LogP contribution in [0.2, 0.25) is 0 Å². The van der Waals surface area contributed by atoms with E-state index in [0.717, 1.165) is 0 Å². The lowest BCUT2D eigenvalue weighted by Crippen LogP contribution is -2.69. The van der Waals surface area contributed by atoms with Crippen molar-refractivity contribution in [3.63, 3.8) is 0 Å². The number of carbonyl (C=O) groups is 1. The first kappa shape index (κ1) is 32.8. The summed E-state index contributed by atoms with van der Waals surface area (Å²) in [4.78, 5) is 12.9. The van der Waals surface area contributed by atoms with Gasteiger partial charge in [-0.3, -0.25) is 4.79 Å². The zero-order valence-electron chi connectivity index (χ0n) is 23.1. The van der Waals surface area contributed by atoms with Crippen LogP contribution in [0.15, 0.2) is 0 Å². The number of hydrogen-bond donors (Lipinski definition) is 12. The van der Waals surface area contributed by atoms with E-state index >= 15 is 0 Å². The SMILES string of the molecule is NC1CC1(O)C(=O)N[C@@H]1C[C@H](N)C([C@H]2O[C@H](CNCCCO)CC[C@H]2N)[C@H](O)[C@H]1O[C@H]1O[C@H](CO)[C@@H](O)[C@H](N)[C@H]1O. The topological polar surface area (TPSA) is 294 Å². The molecule has 1 amide bonds. The first-order valence-electron chi connectivity index (χ1n) is 14.4. The second-order valence-electron chi connectivity index (χ2n) is 11.9. The summed E-state index contributed by atoms with van der Waals surface area (Å²) >= 11 is 0. The van der Waals surface area contributed by atoms with Crippen molar-refractivity contribution in [2.45, 2.75) is 117 Å². The van der Waals surface area contributed by atoms with Crippen molar-refractivity contribution in [3.8, 4) is 0 Å². The van der Waals surface area contributed by atoms with E-state index < -0.39 is 97.2 Å². The third-order valence-electron chi connectivity index (χ3n) is 8.93. The molecule has 41 heavy (non-hydrogen) atoms. The molecule has 0 aromatic rings. The molecule has 238 valence electrons. The number of amides is 1. The fourth-order valence-corrected chi connectivity index (χ4v) is 6.19. The van der Waals surface area contributed by atoms with Gasteiger partial charge in [-0.05, 0) is 32.2 Å². The second-order valence-corrected chi connectivity index (χ2v) is 11.9. The lowest BCUT2D eigenvalue weighted by atomic mass is 9.72. The Kier molecular flexibility index (Phi) is 11.0. The van der Waals surface area contributed by atoms with Gasteiger partial charge in [0, 0.05) is 43.6 Å². The number of nitrogens with one attached hydrogen (secondary N) is 2. The predicted octanol–water partition coefficient (Wildman–Crippen LogP) is -6.36. The number of rotatable bonds is 11. The van der Waals surface area contributed by atoms with Crippen LogP contribution in [0.25, 0.3) is 0 Å². The van der Waals surface area contributed by atoms with Crippen LogP contribution in [-0.2, 0) is 19.0 Å². The fraction of sp³-hybridized carbons (Fsp3) is 0.960. The van der Waals surface area contributed by atoms with Crippen LogP contribution in [0.4, 0.5) is 0 Å². The maximum Gasteiger partial charge on any atom is 0.253 e. The first-order valence-corrected chi connectivity index (χ1v) is 14.4. The Morgan fingerprint density at radius 2 is 1.71 bits per heavy atom. The van der Waals surface area contributed by atoms with Crippen molar-refractivity contribution in [3.05, 3.63) is 0 Å². The number of aliphatic hydroxyl groups excluding tert-OH is 5. The van der Waals surface area contributed by atoms with E-state index in [2.05, 4.69) is 10.6 Å². The van der Waals surface area contributed by atoms with Gasteiger partial charge in [0.05, 0.1) is 37.0 Å². The Bertz CT molecular complexity index is 877. The zero-order valence-corrected chi connectivity index (χ0v) is 23.1. The van der Waals surface area contributed by atoms with Gasteiger partial charge in [0.15, 0.2) is 11.9 Å². The van der Waals surface area contributed by atoms with Gasteiger partial charge in [-0.1, -0.05) is 0 Å². The van der Waals surface area contributed by atoms with Crippen LogP contribution in [0, 0.1) is 5.92 Å². The molecule has 4 aliphatic rings. The molecule has 16 heteroatoms. The summed E-state index contributed by atoms with van der Waals surface area (Å²) in [6, 6.07) is -4.06. The molecule has 0 radical (unpaired) electrons. The number of ether oxygens (including phenoxy) is 3. The van der Waals surface area contributed by atoms with E-state index in [9.17, 15) is 30.3 Å². The minimum absolute atomic E-state index is 0.0693. The lowest BCUT2D eigenvalue weighted by Gasteiger charge is -2.51. The molecule has 16 N–H and O–H groups in total. The highest BCUT2D eigenvalue weighted by Crippen LogP contribution is 2.38. The van der Waals surface area contributed by atoms with Gasteiger partial charge in [-0.25, -0.2) is 0 Å². The summed E-state index contributed by atoms with van der Waals surface area (Å²) < 4.78 is 18.0. The third-order valence-corrected chi connectivity index (χ3v) is 8.93. The standard InChI is InChI=1S/C25H48N6O10/c26-11-3-2-10(8-30-4-1-5-32)39-21(11)16-12(27)6-13(31-24(37)25(38)7-15(25)28)22(19(16)35)41-23-20(36)17(29)18(34)14(9-33)40-23/h10-23,30,32-36,38H,1-9,26-29H2,(H,31,37)/t10-,11+,12-,13+,14+,15?,16?,17-,18+,19-,20+,21-,22-,23+,25?/m0/s1. The molecule has 2 aliphatic heterocycles. The monoisotopic (exact) mass is 592 g/mol. The van der Waals surface area contributed by atoms with E-state index in [1.54, 1.807) is 0 Å². The second kappa shape index (κ2) is 13.7. The van der Waals surface area contributed by atoms with Gasteiger partial charge in [0.1, 0.15) is 24.4 Å². The number of aliphatic hydroxyl groups is 6. The van der Waals surface area contributed by atoms with Crippen LogP contribution >= 0.6 is 0 Å². The van der Waals surface area contributed by atoms with E-state index in [-0.39, 0.29) is 25.6 Å². The molecule has 0 aromatic heterocycles. The van der Waals surface area contributed by atoms with E-state index in [1.165, 1.54) is 0 Å². The van der Waals surface area contributed by atoms with E-state index in [0.29, 0.717) is 32.4 Å². The van der Waals surface area contributed by atoms with Crippen LogP contribution in [0.3, 0.4) is 0 Å². The molecule has 15 atom stereocenters. The smallest absolute Gasteiger partial charge is 0.253 e. The Balaban J connectivity index is 1.54. The zero-order chi connectivity index (χ0) is 30.1. The van der Waals surface area contributed by atoms with Crippen LogP contribution in [-0.4, -0.2) is 148 Å². The maximum atomic E-state index is 12.9. The summed E-state index contributed by atoms with van der Waals surface area (Å²) in [6.45, 7) is 0.594. The van der Waals surface area contributed by atoms with Crippen LogP contribution in [0.1, 0.15) is 32.1 Å². The number of hydrogen-bond acceptors (Lipinski definition) is 15. The van der Waals surface area contributed by atoms with Gasteiger partial charge in [0.25, 0.3) is 5.91 Å². The Morgan fingerprint density at radius 1 is 1.00 bits per heavy atom. The molecule has 0 bridgehead atoms. The van der Waals surface area contributed by atoms with E-state index in [4.69, 9.17) is 42.3 Å². The Hall–Kier alpha value is -1.09. The molecule has 0 spiro atoms. The average molecular weight is 593 g/mol. The quantitative estimate of drug-likeness (QED) is 0.0993. The van der Waals surface area contributed by atoms with Crippen LogP contribution in [0.5, 0.6) is 0 Å². The molecule has 2 saturated carbocycles. The molecule has 0 aromatic carbocycles. The van der Waals surface area contributed by atoms with Crippen molar-refractivity contribution in [2.75, 3.05) is 26.3 Å². The Morgan fingerprint density at radius 3 is 2.34 bits per heavy atom. The summed E-state index contributed by atoms with van der Waals surface area (Å²) in [5.41, 5.74) is 23.0. The minimum atomic E-state index is -1.75. The molecular formula is C25H48N6O10. The first-order chi connectivity index (χ1) is 19.4. The van der Waals surface area contributed by atoms with Crippen molar-refractivity contribution >= 4 is 5.91 Å². The highest BCUT2D eigenvalue weighted by atomic mass is 16.7. The van der Waals surface area contributed by atoms with Crippen molar-refractivity contribution in [1.29, 1.82) is 0 Å².